The molecule has 20 heavy (non-hydrogen) atoms. The van der Waals surface area contributed by atoms with Crippen LogP contribution in [0.2, 0.25) is 0 Å². The molecule has 3 N–H and O–H groups in total. The Morgan fingerprint density at radius 1 is 1.10 bits per heavy atom. The van der Waals surface area contributed by atoms with Gasteiger partial charge in [-0.05, 0) is 48.7 Å². The molecule has 0 saturated heterocycles. The van der Waals surface area contributed by atoms with Crippen LogP contribution in [0.1, 0.15) is 28.4 Å². The lowest BCUT2D eigenvalue weighted by atomic mass is 10.0. The average molecular weight is 268 g/mol. The molecule has 0 aliphatic heterocycles. The zero-order valence-electron chi connectivity index (χ0n) is 11.7. The molecule has 2 rings (SSSR count). The molecule has 0 bridgehead atoms. The van der Waals surface area contributed by atoms with Crippen LogP contribution in [-0.4, -0.2) is 12.5 Å². The van der Waals surface area contributed by atoms with E-state index in [2.05, 4.69) is 5.32 Å². The summed E-state index contributed by atoms with van der Waals surface area (Å²) < 4.78 is 0. The zero-order chi connectivity index (χ0) is 14.4. The lowest BCUT2D eigenvalue weighted by molar-refractivity contribution is 0.102. The van der Waals surface area contributed by atoms with E-state index in [1.54, 1.807) is 0 Å². The summed E-state index contributed by atoms with van der Waals surface area (Å²) in [6.45, 7) is 2.68. The first-order chi connectivity index (χ1) is 9.74. The fraction of sp³-hybridized carbons (Fsp3) is 0.235. The highest BCUT2D eigenvalue weighted by atomic mass is 16.1. The molecule has 0 radical (unpaired) electrons. The lowest BCUT2D eigenvalue weighted by Crippen LogP contribution is -2.14. The maximum atomic E-state index is 12.3. The van der Waals surface area contributed by atoms with Gasteiger partial charge in [0.15, 0.2) is 0 Å². The van der Waals surface area contributed by atoms with Crippen molar-refractivity contribution < 1.29 is 4.79 Å². The molecule has 3 nitrogen and oxygen atoms in total. The molecule has 0 aliphatic rings. The summed E-state index contributed by atoms with van der Waals surface area (Å²) in [6, 6.07) is 15.5. The molecule has 2 aromatic rings. The molecular weight excluding hydrogens is 248 g/mol. The molecule has 0 aromatic heterocycles. The zero-order valence-corrected chi connectivity index (χ0v) is 11.7. The van der Waals surface area contributed by atoms with Gasteiger partial charge in [0.25, 0.3) is 5.91 Å². The highest BCUT2D eigenvalue weighted by Gasteiger charge is 2.09. The second-order valence-electron chi connectivity index (χ2n) is 4.70. The Hall–Kier alpha value is -2.13. The van der Waals surface area contributed by atoms with Crippen LogP contribution in [0.5, 0.6) is 0 Å². The maximum Gasteiger partial charge on any atom is 0.255 e. The molecule has 1 amide bonds. The SMILES string of the molecule is CCc1ccccc1C(=O)Nc1ccc(CCN)cc1. The number of rotatable bonds is 5. The summed E-state index contributed by atoms with van der Waals surface area (Å²) in [6.07, 6.45) is 1.70. The lowest BCUT2D eigenvalue weighted by Gasteiger charge is -2.09. The van der Waals surface area contributed by atoms with E-state index in [0.29, 0.717) is 6.54 Å². The smallest absolute Gasteiger partial charge is 0.255 e. The Morgan fingerprint density at radius 2 is 1.80 bits per heavy atom. The predicted octanol–water partition coefficient (Wildman–Crippen LogP) is 3.00. The molecule has 0 aliphatic carbocycles. The topological polar surface area (TPSA) is 55.1 Å². The normalized spacial score (nSPS) is 10.3. The van der Waals surface area contributed by atoms with Crippen molar-refractivity contribution in [3.8, 4) is 0 Å². The molecule has 0 saturated carbocycles. The Labute approximate surface area is 119 Å². The highest BCUT2D eigenvalue weighted by molar-refractivity contribution is 6.05. The van der Waals surface area contributed by atoms with Crippen molar-refractivity contribution in [1.82, 2.24) is 0 Å². The van der Waals surface area contributed by atoms with E-state index in [1.807, 2.05) is 55.5 Å². The summed E-state index contributed by atoms with van der Waals surface area (Å²) in [5.41, 5.74) is 9.30. The van der Waals surface area contributed by atoms with E-state index in [0.717, 1.165) is 29.7 Å². The average Bonchev–Trinajstić information content (AvgIpc) is 2.49. The summed E-state index contributed by atoms with van der Waals surface area (Å²) in [4.78, 5) is 12.3. The molecule has 104 valence electrons. The van der Waals surface area contributed by atoms with Gasteiger partial charge in [0, 0.05) is 11.3 Å². The summed E-state index contributed by atoms with van der Waals surface area (Å²) >= 11 is 0. The van der Waals surface area contributed by atoms with Crippen LogP contribution < -0.4 is 11.1 Å². The molecule has 3 heteroatoms. The van der Waals surface area contributed by atoms with E-state index in [4.69, 9.17) is 5.73 Å². The van der Waals surface area contributed by atoms with Gasteiger partial charge in [0.05, 0.1) is 0 Å². The van der Waals surface area contributed by atoms with Gasteiger partial charge in [-0.3, -0.25) is 4.79 Å². The minimum atomic E-state index is -0.0611. The van der Waals surface area contributed by atoms with E-state index in [9.17, 15) is 4.79 Å². The number of amides is 1. The van der Waals surface area contributed by atoms with Crippen molar-refractivity contribution in [1.29, 1.82) is 0 Å². The Balaban J connectivity index is 2.11. The third-order valence-corrected chi connectivity index (χ3v) is 3.29. The second kappa shape index (κ2) is 6.87. The first-order valence-corrected chi connectivity index (χ1v) is 6.93. The Bertz CT molecular complexity index is 576. The molecule has 0 atom stereocenters. The van der Waals surface area contributed by atoms with Gasteiger partial charge in [-0.25, -0.2) is 0 Å². The van der Waals surface area contributed by atoms with Gasteiger partial charge in [-0.1, -0.05) is 37.3 Å². The standard InChI is InChI=1S/C17H20N2O/c1-2-14-5-3-4-6-16(14)17(20)19-15-9-7-13(8-10-15)11-12-18/h3-10H,2,11-12,18H2,1H3,(H,19,20). The molecule has 0 spiro atoms. The Kier molecular flexibility index (Phi) is 4.91. The number of hydrogen-bond donors (Lipinski definition) is 2. The number of carbonyl (C=O) groups is 1. The number of carbonyl (C=O) groups excluding carboxylic acids is 1. The Morgan fingerprint density at radius 3 is 2.45 bits per heavy atom. The highest BCUT2D eigenvalue weighted by Crippen LogP contribution is 2.14. The molecule has 0 unspecified atom stereocenters. The van der Waals surface area contributed by atoms with Gasteiger partial charge in [0.1, 0.15) is 0 Å². The van der Waals surface area contributed by atoms with E-state index in [-0.39, 0.29) is 5.91 Å². The van der Waals surface area contributed by atoms with Crippen LogP contribution in [0.3, 0.4) is 0 Å². The number of anilines is 1. The summed E-state index contributed by atoms with van der Waals surface area (Å²) in [7, 11) is 0. The first kappa shape index (κ1) is 14.3. The van der Waals surface area contributed by atoms with Crippen molar-refractivity contribution in [2.24, 2.45) is 5.73 Å². The molecule has 0 fully saturated rings. The van der Waals surface area contributed by atoms with Crippen LogP contribution in [-0.2, 0) is 12.8 Å². The van der Waals surface area contributed by atoms with E-state index < -0.39 is 0 Å². The molecular formula is C17H20N2O. The maximum absolute atomic E-state index is 12.3. The number of nitrogens with one attached hydrogen (secondary N) is 1. The van der Waals surface area contributed by atoms with E-state index >= 15 is 0 Å². The third kappa shape index (κ3) is 3.45. The van der Waals surface area contributed by atoms with Crippen molar-refractivity contribution >= 4 is 11.6 Å². The second-order valence-corrected chi connectivity index (χ2v) is 4.70. The molecule has 0 heterocycles. The minimum Gasteiger partial charge on any atom is -0.330 e. The van der Waals surface area contributed by atoms with Crippen LogP contribution in [0.15, 0.2) is 48.5 Å². The van der Waals surface area contributed by atoms with Gasteiger partial charge >= 0.3 is 0 Å². The minimum absolute atomic E-state index is 0.0611. The van der Waals surface area contributed by atoms with Gasteiger partial charge in [-0.15, -0.1) is 0 Å². The monoisotopic (exact) mass is 268 g/mol. The predicted molar refractivity (Wildman–Crippen MR) is 83.0 cm³/mol. The number of benzene rings is 2. The van der Waals surface area contributed by atoms with Crippen molar-refractivity contribution in [3.63, 3.8) is 0 Å². The van der Waals surface area contributed by atoms with Crippen LogP contribution in [0.4, 0.5) is 5.69 Å². The van der Waals surface area contributed by atoms with Crippen LogP contribution in [0.25, 0.3) is 0 Å². The van der Waals surface area contributed by atoms with Crippen LogP contribution in [0, 0.1) is 0 Å². The van der Waals surface area contributed by atoms with Gasteiger partial charge < -0.3 is 11.1 Å². The first-order valence-electron chi connectivity index (χ1n) is 6.93. The molecule has 2 aromatic carbocycles. The quantitative estimate of drug-likeness (QED) is 0.875. The van der Waals surface area contributed by atoms with Gasteiger partial charge in [-0.2, -0.15) is 0 Å². The fourth-order valence-corrected chi connectivity index (χ4v) is 2.17. The van der Waals surface area contributed by atoms with Gasteiger partial charge in [0.2, 0.25) is 0 Å². The number of hydrogen-bond acceptors (Lipinski definition) is 2. The third-order valence-electron chi connectivity index (χ3n) is 3.29. The fourth-order valence-electron chi connectivity index (χ4n) is 2.17. The van der Waals surface area contributed by atoms with Crippen molar-refractivity contribution in [2.75, 3.05) is 11.9 Å². The summed E-state index contributed by atoms with van der Waals surface area (Å²) in [5.74, 6) is -0.0611. The number of nitrogens with two attached hydrogens (primary N) is 1. The summed E-state index contributed by atoms with van der Waals surface area (Å²) in [5, 5.41) is 2.93. The number of aryl methyl sites for hydroxylation is 1. The largest absolute Gasteiger partial charge is 0.330 e. The van der Waals surface area contributed by atoms with E-state index in [1.165, 1.54) is 5.56 Å². The van der Waals surface area contributed by atoms with Crippen LogP contribution >= 0.6 is 0 Å². The van der Waals surface area contributed by atoms with Crippen molar-refractivity contribution in [2.45, 2.75) is 19.8 Å². The van der Waals surface area contributed by atoms with Crippen molar-refractivity contribution in [3.05, 3.63) is 65.2 Å².